The van der Waals surface area contributed by atoms with E-state index in [2.05, 4.69) is 42.0 Å². The van der Waals surface area contributed by atoms with E-state index in [9.17, 15) is 4.79 Å². The maximum absolute atomic E-state index is 14.0. The van der Waals surface area contributed by atoms with Gasteiger partial charge in [-0.25, -0.2) is 0 Å². The summed E-state index contributed by atoms with van der Waals surface area (Å²) in [6.45, 7) is 12.1. The first-order chi connectivity index (χ1) is 19.1. The van der Waals surface area contributed by atoms with E-state index < -0.39 is 0 Å². The topological polar surface area (TPSA) is 80.3 Å². The summed E-state index contributed by atoms with van der Waals surface area (Å²) < 4.78 is 22.9. The molecule has 2 aromatic heterocycles. The number of benzene rings is 2. The molecule has 0 unspecified atom stereocenters. The van der Waals surface area contributed by atoms with Crippen LogP contribution >= 0.6 is 0 Å². The van der Waals surface area contributed by atoms with Gasteiger partial charge < -0.3 is 28.5 Å². The highest BCUT2D eigenvalue weighted by Crippen LogP contribution is 2.50. The van der Waals surface area contributed by atoms with Crippen LogP contribution in [-0.2, 0) is 6.54 Å². The first kappa shape index (κ1) is 25.4. The lowest BCUT2D eigenvalue weighted by atomic mass is 9.85. The van der Waals surface area contributed by atoms with Crippen molar-refractivity contribution >= 4 is 27.9 Å². The Hall–Kier alpha value is -3.91. The van der Waals surface area contributed by atoms with Crippen LogP contribution in [0.3, 0.4) is 0 Å². The zero-order valence-electron chi connectivity index (χ0n) is 22.8. The molecule has 0 amide bonds. The van der Waals surface area contributed by atoms with Gasteiger partial charge in [0.25, 0.3) is 0 Å². The van der Waals surface area contributed by atoms with Gasteiger partial charge in [-0.3, -0.25) is 9.69 Å². The minimum Gasteiger partial charge on any atom is -0.467 e. The van der Waals surface area contributed by atoms with Crippen molar-refractivity contribution in [3.63, 3.8) is 0 Å². The fraction of sp³-hybridized carbons (Fsp3) is 0.387. The Kier molecular flexibility index (Phi) is 6.95. The summed E-state index contributed by atoms with van der Waals surface area (Å²) in [5, 5.41) is 5.29. The number of nitrogens with one attached hydrogen (secondary N) is 1. The molecule has 0 spiro atoms. The number of ketones is 1. The summed E-state index contributed by atoms with van der Waals surface area (Å²) in [5.74, 6) is 2.66. The van der Waals surface area contributed by atoms with Crippen molar-refractivity contribution in [1.82, 2.24) is 4.90 Å². The molecule has 8 heteroatoms. The lowest BCUT2D eigenvalue weighted by molar-refractivity contribution is 0.104. The third kappa shape index (κ3) is 4.52. The molecule has 0 bridgehead atoms. The van der Waals surface area contributed by atoms with E-state index in [4.69, 9.17) is 18.3 Å². The van der Waals surface area contributed by atoms with Gasteiger partial charge in [0.1, 0.15) is 17.8 Å². The van der Waals surface area contributed by atoms with Gasteiger partial charge in [0, 0.05) is 53.8 Å². The predicted molar refractivity (Wildman–Crippen MR) is 152 cm³/mol. The number of fused-ring (bicyclic) bond motifs is 3. The van der Waals surface area contributed by atoms with E-state index in [-0.39, 0.29) is 12.6 Å². The van der Waals surface area contributed by atoms with Crippen molar-refractivity contribution in [1.29, 1.82) is 0 Å². The molecule has 1 fully saturated rings. The van der Waals surface area contributed by atoms with E-state index in [0.29, 0.717) is 34.9 Å². The van der Waals surface area contributed by atoms with E-state index in [1.54, 1.807) is 18.6 Å². The SMILES string of the molecule is CCC.CCCN1CCN(c2cc(NCc3ccco3)c3c4c(occ24)-c2cc4c(cc2C3=O)OCO4)CC1. The first-order valence-electron chi connectivity index (χ1n) is 13.9. The fourth-order valence-electron chi connectivity index (χ4n) is 5.63. The third-order valence-corrected chi connectivity index (χ3v) is 7.38. The lowest BCUT2D eigenvalue weighted by Gasteiger charge is -2.36. The van der Waals surface area contributed by atoms with Crippen molar-refractivity contribution in [2.75, 3.05) is 49.7 Å². The number of ether oxygens (including phenoxy) is 2. The van der Waals surface area contributed by atoms with Crippen molar-refractivity contribution in [2.24, 2.45) is 0 Å². The second-order valence-electron chi connectivity index (χ2n) is 10.2. The molecular weight excluding hydrogens is 494 g/mol. The van der Waals surface area contributed by atoms with Gasteiger partial charge in [0.15, 0.2) is 17.3 Å². The Morgan fingerprint density at radius 3 is 2.38 bits per heavy atom. The van der Waals surface area contributed by atoms with Crippen LogP contribution in [0.25, 0.3) is 22.1 Å². The zero-order chi connectivity index (χ0) is 26.9. The summed E-state index contributed by atoms with van der Waals surface area (Å²) in [6.07, 6.45) is 5.86. The van der Waals surface area contributed by atoms with Gasteiger partial charge in [-0.15, -0.1) is 0 Å². The Balaban J connectivity index is 0.000000883. The number of piperazine rings is 1. The van der Waals surface area contributed by atoms with Crippen LogP contribution in [0.4, 0.5) is 11.4 Å². The summed E-state index contributed by atoms with van der Waals surface area (Å²) in [5.41, 5.74) is 3.79. The van der Waals surface area contributed by atoms with Crippen LogP contribution in [0, 0.1) is 0 Å². The van der Waals surface area contributed by atoms with Gasteiger partial charge in [0.05, 0.1) is 24.1 Å². The second-order valence-corrected chi connectivity index (χ2v) is 10.2. The van der Waals surface area contributed by atoms with Gasteiger partial charge >= 0.3 is 0 Å². The number of hydrogen-bond acceptors (Lipinski definition) is 8. The second kappa shape index (κ2) is 10.7. The van der Waals surface area contributed by atoms with Gasteiger partial charge in [-0.1, -0.05) is 27.2 Å². The molecule has 1 aliphatic carbocycles. The number of hydrogen-bond donors (Lipinski definition) is 1. The Labute approximate surface area is 228 Å². The van der Waals surface area contributed by atoms with Gasteiger partial charge in [0.2, 0.25) is 6.79 Å². The highest BCUT2D eigenvalue weighted by Gasteiger charge is 2.35. The molecule has 39 heavy (non-hydrogen) atoms. The molecule has 0 atom stereocenters. The van der Waals surface area contributed by atoms with Crippen molar-refractivity contribution in [3.8, 4) is 22.8 Å². The molecular formula is C31H35N3O5. The smallest absolute Gasteiger partial charge is 0.231 e. The summed E-state index contributed by atoms with van der Waals surface area (Å²) in [4.78, 5) is 18.9. The number of carbonyl (C=O) groups is 1. The molecule has 8 nitrogen and oxygen atoms in total. The van der Waals surface area contributed by atoms with Gasteiger partial charge in [-0.05, 0) is 43.3 Å². The lowest BCUT2D eigenvalue weighted by Crippen LogP contribution is -2.46. The zero-order valence-corrected chi connectivity index (χ0v) is 22.8. The minimum absolute atomic E-state index is 0.0524. The first-order valence-corrected chi connectivity index (χ1v) is 13.9. The minimum atomic E-state index is -0.0524. The normalized spacial score (nSPS) is 15.8. The van der Waals surface area contributed by atoms with Crippen LogP contribution in [-0.4, -0.2) is 50.2 Å². The number of rotatable bonds is 6. The monoisotopic (exact) mass is 529 g/mol. The Morgan fingerprint density at radius 1 is 0.949 bits per heavy atom. The average Bonchev–Trinajstić information content (AvgIpc) is 3.72. The van der Waals surface area contributed by atoms with E-state index >= 15 is 0 Å². The highest BCUT2D eigenvalue weighted by atomic mass is 16.7. The van der Waals surface area contributed by atoms with Gasteiger partial charge in [-0.2, -0.15) is 0 Å². The number of anilines is 2. The maximum atomic E-state index is 14.0. The largest absolute Gasteiger partial charge is 0.467 e. The van der Waals surface area contributed by atoms with Crippen LogP contribution < -0.4 is 19.7 Å². The van der Waals surface area contributed by atoms with Crippen LogP contribution in [0.1, 0.15) is 55.3 Å². The molecule has 2 aromatic carbocycles. The van der Waals surface area contributed by atoms with Crippen LogP contribution in [0.5, 0.6) is 11.5 Å². The third-order valence-electron chi connectivity index (χ3n) is 7.38. The average molecular weight is 530 g/mol. The van der Waals surface area contributed by atoms with E-state index in [1.165, 1.54) is 6.42 Å². The standard InChI is InChI=1S/C28H27N3O5.C3H8/c1-2-5-30-6-8-31(9-7-30)22-13-21(29-14-17-4-3-10-33-17)26-25-20(22)15-34-28(25)19-12-24-23(35-16-36-24)11-18(19)27(26)32;1-3-2/h3-4,10-13,15,29H,2,5-9,14,16H2,1H3;3H2,1-2H3. The quantitative estimate of drug-likeness (QED) is 0.266. The molecule has 4 heterocycles. The van der Waals surface area contributed by atoms with Crippen LogP contribution in [0.15, 0.2) is 51.7 Å². The number of carbonyl (C=O) groups excluding carboxylic acids is 1. The molecule has 2 aliphatic heterocycles. The molecule has 0 saturated carbocycles. The van der Waals surface area contributed by atoms with Crippen molar-refractivity contribution in [2.45, 2.75) is 40.2 Å². The molecule has 4 aromatic rings. The van der Waals surface area contributed by atoms with Crippen molar-refractivity contribution < 1.29 is 23.1 Å². The predicted octanol–water partition coefficient (Wildman–Crippen LogP) is 6.53. The summed E-state index contributed by atoms with van der Waals surface area (Å²) in [6, 6.07) is 9.53. The fourth-order valence-corrected chi connectivity index (χ4v) is 5.63. The maximum Gasteiger partial charge on any atom is 0.231 e. The van der Waals surface area contributed by atoms with Crippen molar-refractivity contribution in [3.05, 3.63) is 59.7 Å². The summed E-state index contributed by atoms with van der Waals surface area (Å²) >= 11 is 0. The van der Waals surface area contributed by atoms with Crippen LogP contribution in [0.2, 0.25) is 0 Å². The van der Waals surface area contributed by atoms with E-state index in [0.717, 1.165) is 72.6 Å². The molecule has 7 rings (SSSR count). The summed E-state index contributed by atoms with van der Waals surface area (Å²) in [7, 11) is 0. The Bertz CT molecular complexity index is 1480. The number of nitrogens with zero attached hydrogens (tertiary/aromatic N) is 2. The van der Waals surface area contributed by atoms with E-state index in [1.807, 2.05) is 18.2 Å². The Morgan fingerprint density at radius 2 is 1.69 bits per heavy atom. The molecule has 1 N–H and O–H groups in total. The molecule has 204 valence electrons. The number of furan rings is 2. The molecule has 1 saturated heterocycles. The molecule has 0 radical (unpaired) electrons. The highest BCUT2D eigenvalue weighted by molar-refractivity contribution is 6.29. The molecule has 3 aliphatic rings.